The second kappa shape index (κ2) is 8.91. The van der Waals surface area contributed by atoms with Gasteiger partial charge in [0, 0.05) is 28.3 Å². The summed E-state index contributed by atoms with van der Waals surface area (Å²) in [6.07, 6.45) is 1.32. The van der Waals surface area contributed by atoms with E-state index in [4.69, 9.17) is 20.8 Å². The monoisotopic (exact) mass is 481 g/mol. The number of carbonyl (C=O) groups is 1. The highest BCUT2D eigenvalue weighted by Crippen LogP contribution is 2.28. The van der Waals surface area contributed by atoms with Crippen molar-refractivity contribution in [1.29, 1.82) is 0 Å². The van der Waals surface area contributed by atoms with Crippen molar-refractivity contribution in [3.63, 3.8) is 0 Å². The first-order chi connectivity index (χ1) is 16.5. The van der Waals surface area contributed by atoms with Crippen molar-refractivity contribution < 1.29 is 22.7 Å². The van der Waals surface area contributed by atoms with Crippen molar-refractivity contribution in [3.8, 4) is 17.1 Å². The molecule has 5 aromatic rings. The largest absolute Gasteiger partial charge is 0.486 e. The molecule has 0 radical (unpaired) electrons. The fourth-order valence-corrected chi connectivity index (χ4v) is 3.54. The lowest BCUT2D eigenvalue weighted by Gasteiger charge is -2.10. The Balaban J connectivity index is 1.29. The Labute approximate surface area is 195 Å². The molecular formula is C23H14ClF2N5O3. The van der Waals surface area contributed by atoms with Crippen molar-refractivity contribution in [1.82, 2.24) is 20.6 Å². The van der Waals surface area contributed by atoms with E-state index in [0.29, 0.717) is 27.9 Å². The standard InChI is InChI=1S/C23H14ClF2N5O3/c24-18-8-14(25)3-1-13(18)10-33-20-6-4-15(9-19(20)26)27-23(32)17-11-34-21-7-12(2-5-16(17)21)22-28-30-31-29-22/h1-9,11H,10H2,(H,27,32)(H,28,29,30,31). The van der Waals surface area contributed by atoms with Crippen LogP contribution in [0.25, 0.3) is 22.4 Å². The summed E-state index contributed by atoms with van der Waals surface area (Å²) in [5, 5.41) is 17.1. The van der Waals surface area contributed by atoms with Gasteiger partial charge in [-0.2, -0.15) is 5.21 Å². The van der Waals surface area contributed by atoms with E-state index in [1.807, 2.05) is 0 Å². The van der Waals surface area contributed by atoms with Gasteiger partial charge in [-0.1, -0.05) is 23.7 Å². The molecule has 2 aromatic heterocycles. The summed E-state index contributed by atoms with van der Waals surface area (Å²) in [4.78, 5) is 12.8. The van der Waals surface area contributed by atoms with Crippen LogP contribution in [0, 0.1) is 11.6 Å². The number of anilines is 1. The average Bonchev–Trinajstić information content (AvgIpc) is 3.49. The molecule has 0 saturated carbocycles. The number of carbonyl (C=O) groups excluding carboxylic acids is 1. The summed E-state index contributed by atoms with van der Waals surface area (Å²) in [6, 6.07) is 13.0. The van der Waals surface area contributed by atoms with Gasteiger partial charge in [0.05, 0.1) is 10.6 Å². The van der Waals surface area contributed by atoms with Crippen molar-refractivity contribution in [2.45, 2.75) is 6.61 Å². The molecule has 8 nitrogen and oxygen atoms in total. The van der Waals surface area contributed by atoms with E-state index >= 15 is 0 Å². The molecule has 2 N–H and O–H groups in total. The number of aromatic nitrogens is 4. The van der Waals surface area contributed by atoms with Crippen molar-refractivity contribution in [2.24, 2.45) is 0 Å². The summed E-state index contributed by atoms with van der Waals surface area (Å²) in [6.45, 7) is -0.0470. The van der Waals surface area contributed by atoms with Gasteiger partial charge < -0.3 is 14.5 Å². The summed E-state index contributed by atoms with van der Waals surface area (Å²) in [5.41, 5.74) is 2.15. The smallest absolute Gasteiger partial charge is 0.259 e. The molecule has 3 aromatic carbocycles. The number of benzene rings is 3. The number of fused-ring (bicyclic) bond motifs is 1. The highest BCUT2D eigenvalue weighted by Gasteiger charge is 2.16. The predicted molar refractivity (Wildman–Crippen MR) is 119 cm³/mol. The maximum atomic E-state index is 14.5. The number of hydrogen-bond donors (Lipinski definition) is 2. The SMILES string of the molecule is O=C(Nc1ccc(OCc2ccc(F)cc2Cl)c(F)c1)c1coc2cc(-c3nn[nH]n3)ccc12. The molecule has 5 rings (SSSR count). The Morgan fingerprint density at radius 2 is 2.00 bits per heavy atom. The van der Waals surface area contributed by atoms with Gasteiger partial charge in [0.25, 0.3) is 5.91 Å². The van der Waals surface area contributed by atoms with Gasteiger partial charge >= 0.3 is 0 Å². The third-order valence-corrected chi connectivity index (χ3v) is 5.36. The van der Waals surface area contributed by atoms with Crippen LogP contribution in [0.3, 0.4) is 0 Å². The molecule has 0 aliphatic rings. The zero-order valence-corrected chi connectivity index (χ0v) is 17.9. The molecule has 34 heavy (non-hydrogen) atoms. The first kappa shape index (κ1) is 21.5. The number of furan rings is 1. The van der Waals surface area contributed by atoms with E-state index < -0.39 is 17.5 Å². The summed E-state index contributed by atoms with van der Waals surface area (Å²) in [5.74, 6) is -1.28. The van der Waals surface area contributed by atoms with Crippen LogP contribution >= 0.6 is 11.6 Å². The van der Waals surface area contributed by atoms with E-state index in [1.165, 1.54) is 30.5 Å². The molecule has 1 amide bonds. The van der Waals surface area contributed by atoms with Crippen LogP contribution in [0.2, 0.25) is 5.02 Å². The van der Waals surface area contributed by atoms with Crippen molar-refractivity contribution in [2.75, 3.05) is 5.32 Å². The molecule has 0 bridgehead atoms. The van der Waals surface area contributed by atoms with E-state index in [0.717, 1.165) is 12.1 Å². The molecule has 0 saturated heterocycles. The van der Waals surface area contributed by atoms with Crippen LogP contribution in [-0.2, 0) is 6.61 Å². The molecular weight excluding hydrogens is 468 g/mol. The Morgan fingerprint density at radius 3 is 2.76 bits per heavy atom. The molecule has 0 fully saturated rings. The van der Waals surface area contributed by atoms with Crippen LogP contribution in [-0.4, -0.2) is 26.5 Å². The van der Waals surface area contributed by atoms with Crippen LogP contribution in [0.1, 0.15) is 15.9 Å². The molecule has 0 aliphatic carbocycles. The third kappa shape index (κ3) is 4.30. The molecule has 11 heteroatoms. The number of ether oxygens (including phenoxy) is 1. The predicted octanol–water partition coefficient (Wildman–Crippen LogP) is 5.38. The quantitative estimate of drug-likeness (QED) is 0.337. The van der Waals surface area contributed by atoms with Crippen LogP contribution in [0.5, 0.6) is 5.75 Å². The normalized spacial score (nSPS) is 11.0. The molecule has 0 aliphatic heterocycles. The zero-order valence-electron chi connectivity index (χ0n) is 17.2. The number of tetrazole rings is 1. The zero-order chi connectivity index (χ0) is 23.7. The number of aromatic amines is 1. The summed E-state index contributed by atoms with van der Waals surface area (Å²) >= 11 is 5.96. The molecule has 0 spiro atoms. The van der Waals surface area contributed by atoms with Gasteiger partial charge in [0.2, 0.25) is 5.82 Å². The average molecular weight is 482 g/mol. The number of nitrogens with zero attached hydrogens (tertiary/aromatic N) is 3. The van der Waals surface area contributed by atoms with Gasteiger partial charge in [-0.25, -0.2) is 8.78 Å². The molecule has 0 unspecified atom stereocenters. The highest BCUT2D eigenvalue weighted by molar-refractivity contribution is 6.31. The first-order valence-corrected chi connectivity index (χ1v) is 10.3. The number of rotatable bonds is 6. The first-order valence-electron chi connectivity index (χ1n) is 9.90. The number of halogens is 3. The second-order valence-electron chi connectivity index (χ2n) is 7.22. The maximum Gasteiger partial charge on any atom is 0.259 e. The Hall–Kier alpha value is -4.31. The molecule has 170 valence electrons. The topological polar surface area (TPSA) is 106 Å². The number of hydrogen-bond acceptors (Lipinski definition) is 6. The Morgan fingerprint density at radius 1 is 1.12 bits per heavy atom. The summed E-state index contributed by atoms with van der Waals surface area (Å²) < 4.78 is 38.6. The minimum Gasteiger partial charge on any atom is -0.486 e. The van der Waals surface area contributed by atoms with E-state index in [2.05, 4.69) is 25.9 Å². The van der Waals surface area contributed by atoms with E-state index in [-0.39, 0.29) is 28.6 Å². The fraction of sp³-hybridized carbons (Fsp3) is 0.0435. The lowest BCUT2D eigenvalue weighted by Crippen LogP contribution is -2.11. The van der Waals surface area contributed by atoms with Gasteiger partial charge in [-0.3, -0.25) is 4.79 Å². The van der Waals surface area contributed by atoms with Gasteiger partial charge in [0.1, 0.15) is 24.3 Å². The van der Waals surface area contributed by atoms with Gasteiger partial charge in [0.15, 0.2) is 11.6 Å². The second-order valence-corrected chi connectivity index (χ2v) is 7.63. The van der Waals surface area contributed by atoms with Crippen molar-refractivity contribution in [3.05, 3.63) is 88.6 Å². The van der Waals surface area contributed by atoms with Crippen LogP contribution < -0.4 is 10.1 Å². The maximum absolute atomic E-state index is 14.5. The highest BCUT2D eigenvalue weighted by atomic mass is 35.5. The van der Waals surface area contributed by atoms with Crippen LogP contribution in [0.15, 0.2) is 65.3 Å². The number of amides is 1. The van der Waals surface area contributed by atoms with Crippen molar-refractivity contribution >= 4 is 34.2 Å². The minimum absolute atomic E-state index is 0.0406. The summed E-state index contributed by atoms with van der Waals surface area (Å²) in [7, 11) is 0. The molecule has 0 atom stereocenters. The van der Waals surface area contributed by atoms with Crippen LogP contribution in [0.4, 0.5) is 14.5 Å². The third-order valence-electron chi connectivity index (χ3n) is 5.01. The van der Waals surface area contributed by atoms with Gasteiger partial charge in [-0.05, 0) is 41.6 Å². The number of nitrogens with one attached hydrogen (secondary N) is 2. The Bertz CT molecular complexity index is 1500. The van der Waals surface area contributed by atoms with Gasteiger partial charge in [-0.15, -0.1) is 10.2 Å². The lowest BCUT2D eigenvalue weighted by molar-refractivity contribution is 0.102. The minimum atomic E-state index is -0.683. The fourth-order valence-electron chi connectivity index (χ4n) is 3.32. The molecule has 2 heterocycles. The Kier molecular flexibility index (Phi) is 5.64. The van der Waals surface area contributed by atoms with E-state index in [9.17, 15) is 13.6 Å². The van der Waals surface area contributed by atoms with E-state index in [1.54, 1.807) is 18.2 Å². The lowest BCUT2D eigenvalue weighted by atomic mass is 10.1. The number of H-pyrrole nitrogens is 1.